The minimum absolute atomic E-state index is 0.0292. The Labute approximate surface area is 103 Å². The number of aryl methyl sites for hydroxylation is 1. The Morgan fingerprint density at radius 2 is 2.24 bits per heavy atom. The standard InChI is InChI=1S/C13H21N3O/c1-4-16(9-5-8-14-12(3)17)13-7-6-11(2)10-15-13/h6-7,10H,4-5,8-9H2,1-3H3,(H,14,17). The molecule has 1 N–H and O–H groups in total. The number of carbonyl (C=O) groups excluding carboxylic acids is 1. The van der Waals surface area contributed by atoms with E-state index in [1.54, 1.807) is 6.92 Å². The zero-order valence-electron chi connectivity index (χ0n) is 10.9. The normalized spacial score (nSPS) is 10.1. The molecule has 0 aliphatic rings. The highest BCUT2D eigenvalue weighted by Crippen LogP contribution is 2.10. The summed E-state index contributed by atoms with van der Waals surface area (Å²) in [6.45, 7) is 8.24. The number of rotatable bonds is 6. The van der Waals surface area contributed by atoms with Crippen LogP contribution in [0.15, 0.2) is 18.3 Å². The summed E-state index contributed by atoms with van der Waals surface area (Å²) in [6.07, 6.45) is 2.81. The molecule has 0 spiro atoms. The maximum Gasteiger partial charge on any atom is 0.216 e. The minimum Gasteiger partial charge on any atom is -0.357 e. The van der Waals surface area contributed by atoms with Crippen molar-refractivity contribution >= 4 is 11.7 Å². The van der Waals surface area contributed by atoms with Crippen molar-refractivity contribution in [2.24, 2.45) is 0 Å². The number of pyridine rings is 1. The van der Waals surface area contributed by atoms with Gasteiger partial charge in [-0.2, -0.15) is 0 Å². The third kappa shape index (κ3) is 4.85. The predicted octanol–water partition coefficient (Wildman–Crippen LogP) is 1.74. The van der Waals surface area contributed by atoms with Gasteiger partial charge in [0.1, 0.15) is 5.82 Å². The van der Waals surface area contributed by atoms with Crippen LogP contribution in [0.2, 0.25) is 0 Å². The van der Waals surface area contributed by atoms with Crippen molar-refractivity contribution in [3.8, 4) is 0 Å². The first kappa shape index (κ1) is 13.5. The van der Waals surface area contributed by atoms with E-state index in [4.69, 9.17) is 0 Å². The molecular weight excluding hydrogens is 214 g/mol. The van der Waals surface area contributed by atoms with Crippen LogP contribution in [-0.4, -0.2) is 30.5 Å². The molecule has 0 aliphatic carbocycles. The van der Waals surface area contributed by atoms with Crippen molar-refractivity contribution in [1.82, 2.24) is 10.3 Å². The van der Waals surface area contributed by atoms with Crippen LogP contribution in [0.4, 0.5) is 5.82 Å². The van der Waals surface area contributed by atoms with Crippen molar-refractivity contribution in [3.63, 3.8) is 0 Å². The fourth-order valence-corrected chi connectivity index (χ4v) is 1.62. The van der Waals surface area contributed by atoms with Gasteiger partial charge in [0.2, 0.25) is 5.91 Å². The van der Waals surface area contributed by atoms with E-state index in [1.165, 1.54) is 5.56 Å². The lowest BCUT2D eigenvalue weighted by atomic mass is 10.3. The van der Waals surface area contributed by atoms with Gasteiger partial charge in [0.05, 0.1) is 0 Å². The van der Waals surface area contributed by atoms with Gasteiger partial charge in [0.25, 0.3) is 0 Å². The van der Waals surface area contributed by atoms with Crippen LogP contribution in [0, 0.1) is 6.92 Å². The Bertz CT molecular complexity index is 348. The molecule has 0 unspecified atom stereocenters. The highest BCUT2D eigenvalue weighted by Gasteiger charge is 2.04. The number of nitrogens with one attached hydrogen (secondary N) is 1. The Morgan fingerprint density at radius 3 is 2.76 bits per heavy atom. The van der Waals surface area contributed by atoms with Crippen LogP contribution in [0.1, 0.15) is 25.8 Å². The summed E-state index contributed by atoms with van der Waals surface area (Å²) < 4.78 is 0. The third-order valence-corrected chi connectivity index (χ3v) is 2.58. The van der Waals surface area contributed by atoms with Crippen molar-refractivity contribution < 1.29 is 4.79 Å². The summed E-state index contributed by atoms with van der Waals surface area (Å²) in [6, 6.07) is 4.11. The van der Waals surface area contributed by atoms with Gasteiger partial charge in [0, 0.05) is 32.8 Å². The summed E-state index contributed by atoms with van der Waals surface area (Å²) in [5.74, 6) is 1.03. The molecule has 1 rings (SSSR count). The van der Waals surface area contributed by atoms with Gasteiger partial charge in [-0.3, -0.25) is 4.79 Å². The Hall–Kier alpha value is -1.58. The van der Waals surface area contributed by atoms with Crippen LogP contribution >= 0.6 is 0 Å². The number of hydrogen-bond donors (Lipinski definition) is 1. The highest BCUT2D eigenvalue weighted by molar-refractivity contribution is 5.72. The largest absolute Gasteiger partial charge is 0.357 e. The lowest BCUT2D eigenvalue weighted by Gasteiger charge is -2.21. The molecule has 1 amide bonds. The van der Waals surface area contributed by atoms with Crippen LogP contribution in [0.25, 0.3) is 0 Å². The quantitative estimate of drug-likeness (QED) is 0.764. The number of amides is 1. The van der Waals surface area contributed by atoms with Crippen molar-refractivity contribution in [2.75, 3.05) is 24.5 Å². The predicted molar refractivity (Wildman–Crippen MR) is 70.2 cm³/mol. The maximum absolute atomic E-state index is 10.7. The highest BCUT2D eigenvalue weighted by atomic mass is 16.1. The molecule has 4 nitrogen and oxygen atoms in total. The van der Waals surface area contributed by atoms with Gasteiger partial charge >= 0.3 is 0 Å². The van der Waals surface area contributed by atoms with Crippen LogP contribution in [0.3, 0.4) is 0 Å². The number of nitrogens with zero attached hydrogens (tertiary/aromatic N) is 2. The first-order valence-electron chi connectivity index (χ1n) is 6.05. The van der Waals surface area contributed by atoms with Gasteiger partial charge in [-0.05, 0) is 31.9 Å². The summed E-state index contributed by atoms with van der Waals surface area (Å²) in [5.41, 5.74) is 1.17. The van der Waals surface area contributed by atoms with E-state index < -0.39 is 0 Å². The fourth-order valence-electron chi connectivity index (χ4n) is 1.62. The number of hydrogen-bond acceptors (Lipinski definition) is 3. The molecule has 0 saturated carbocycles. The number of anilines is 1. The first-order valence-corrected chi connectivity index (χ1v) is 6.05. The summed E-state index contributed by atoms with van der Waals surface area (Å²) >= 11 is 0. The Balaban J connectivity index is 2.43. The fraction of sp³-hybridized carbons (Fsp3) is 0.538. The van der Waals surface area contributed by atoms with Crippen molar-refractivity contribution in [2.45, 2.75) is 27.2 Å². The summed E-state index contributed by atoms with van der Waals surface area (Å²) in [7, 11) is 0. The average molecular weight is 235 g/mol. The van der Waals surface area contributed by atoms with E-state index in [0.29, 0.717) is 0 Å². The van der Waals surface area contributed by atoms with E-state index >= 15 is 0 Å². The molecule has 17 heavy (non-hydrogen) atoms. The van der Waals surface area contributed by atoms with Crippen LogP contribution < -0.4 is 10.2 Å². The van der Waals surface area contributed by atoms with E-state index in [-0.39, 0.29) is 5.91 Å². The van der Waals surface area contributed by atoms with E-state index in [1.807, 2.05) is 19.2 Å². The molecule has 4 heteroatoms. The van der Waals surface area contributed by atoms with E-state index in [0.717, 1.165) is 31.9 Å². The second-order valence-electron chi connectivity index (χ2n) is 4.11. The molecule has 1 aromatic heterocycles. The summed E-state index contributed by atoms with van der Waals surface area (Å²) in [4.78, 5) is 17.3. The topological polar surface area (TPSA) is 45.2 Å². The molecular formula is C13H21N3O. The van der Waals surface area contributed by atoms with E-state index in [2.05, 4.69) is 28.2 Å². The van der Waals surface area contributed by atoms with Gasteiger partial charge in [0.15, 0.2) is 0 Å². The number of carbonyl (C=O) groups is 1. The van der Waals surface area contributed by atoms with E-state index in [9.17, 15) is 4.79 Å². The molecule has 1 aromatic rings. The molecule has 0 radical (unpaired) electrons. The zero-order chi connectivity index (χ0) is 12.7. The molecule has 1 heterocycles. The van der Waals surface area contributed by atoms with Crippen LogP contribution in [0.5, 0.6) is 0 Å². The monoisotopic (exact) mass is 235 g/mol. The average Bonchev–Trinajstić information content (AvgIpc) is 2.30. The lowest BCUT2D eigenvalue weighted by molar-refractivity contribution is -0.118. The molecule has 0 atom stereocenters. The number of aromatic nitrogens is 1. The first-order chi connectivity index (χ1) is 8.13. The Morgan fingerprint density at radius 1 is 1.47 bits per heavy atom. The molecule has 0 bridgehead atoms. The zero-order valence-corrected chi connectivity index (χ0v) is 10.9. The molecule has 0 fully saturated rings. The second-order valence-corrected chi connectivity index (χ2v) is 4.11. The summed E-state index contributed by atoms with van der Waals surface area (Å²) in [5, 5.41) is 2.80. The molecule has 0 saturated heterocycles. The van der Waals surface area contributed by atoms with Gasteiger partial charge < -0.3 is 10.2 Å². The molecule has 0 aliphatic heterocycles. The van der Waals surface area contributed by atoms with Gasteiger partial charge in [-0.1, -0.05) is 6.07 Å². The minimum atomic E-state index is 0.0292. The van der Waals surface area contributed by atoms with Crippen molar-refractivity contribution in [1.29, 1.82) is 0 Å². The SMILES string of the molecule is CCN(CCCNC(C)=O)c1ccc(C)cn1. The molecule has 0 aromatic carbocycles. The van der Waals surface area contributed by atoms with Gasteiger partial charge in [-0.25, -0.2) is 4.98 Å². The smallest absolute Gasteiger partial charge is 0.216 e. The van der Waals surface area contributed by atoms with Crippen molar-refractivity contribution in [3.05, 3.63) is 23.9 Å². The second kappa shape index (κ2) is 6.89. The van der Waals surface area contributed by atoms with Gasteiger partial charge in [-0.15, -0.1) is 0 Å². The Kier molecular flexibility index (Phi) is 5.46. The molecule has 94 valence electrons. The van der Waals surface area contributed by atoms with Crippen LogP contribution in [-0.2, 0) is 4.79 Å². The maximum atomic E-state index is 10.7. The third-order valence-electron chi connectivity index (χ3n) is 2.58. The lowest BCUT2D eigenvalue weighted by Crippen LogP contribution is -2.29.